The Labute approximate surface area is 126 Å². The van der Waals surface area contributed by atoms with Crippen molar-refractivity contribution < 1.29 is 0 Å². The molecule has 110 valence electrons. The number of rotatable bonds is 4. The average Bonchev–Trinajstić information content (AvgIpc) is 2.95. The first-order valence-electron chi connectivity index (χ1n) is 7.48. The van der Waals surface area contributed by atoms with Crippen LogP contribution in [0, 0.1) is 0 Å². The smallest absolute Gasteiger partial charge is 0.127 e. The molecule has 2 heterocycles. The summed E-state index contributed by atoms with van der Waals surface area (Å²) in [6, 6.07) is 10.8. The monoisotopic (exact) mass is 282 g/mol. The minimum Gasteiger partial charge on any atom is -0.337 e. The van der Waals surface area contributed by atoms with Gasteiger partial charge in [0.25, 0.3) is 0 Å². The summed E-state index contributed by atoms with van der Waals surface area (Å²) < 4.78 is 2.12. The van der Waals surface area contributed by atoms with E-state index < -0.39 is 0 Å². The number of aromatic nitrogens is 2. The van der Waals surface area contributed by atoms with Gasteiger partial charge in [-0.25, -0.2) is 4.98 Å². The van der Waals surface area contributed by atoms with Gasteiger partial charge in [-0.3, -0.25) is 4.90 Å². The van der Waals surface area contributed by atoms with Crippen LogP contribution in [0.1, 0.15) is 17.4 Å². The maximum Gasteiger partial charge on any atom is 0.127 e. The summed E-state index contributed by atoms with van der Waals surface area (Å²) in [5.74, 6) is 1.13. The first kappa shape index (κ1) is 14.0. The molecule has 0 amide bonds. The highest BCUT2D eigenvalue weighted by Gasteiger charge is 2.25. The van der Waals surface area contributed by atoms with Gasteiger partial charge in [0.05, 0.1) is 6.04 Å². The summed E-state index contributed by atoms with van der Waals surface area (Å²) in [7, 11) is 2.06. The molecule has 1 aromatic carbocycles. The molecule has 0 radical (unpaired) electrons. The quantitative estimate of drug-likeness (QED) is 0.932. The second-order valence-corrected chi connectivity index (χ2v) is 5.42. The number of aryl methyl sites for hydroxylation is 1. The van der Waals surface area contributed by atoms with E-state index in [0.717, 1.165) is 32.0 Å². The molecular formula is C17H22N4. The molecule has 1 aliphatic heterocycles. The first-order chi connectivity index (χ1) is 10.3. The lowest BCUT2D eigenvalue weighted by molar-refractivity contribution is 0.170. The van der Waals surface area contributed by atoms with Gasteiger partial charge in [-0.05, 0) is 5.56 Å². The van der Waals surface area contributed by atoms with Gasteiger partial charge in [-0.15, -0.1) is 0 Å². The zero-order valence-corrected chi connectivity index (χ0v) is 12.4. The molecule has 1 fully saturated rings. The van der Waals surface area contributed by atoms with E-state index >= 15 is 0 Å². The highest BCUT2D eigenvalue weighted by molar-refractivity contribution is 5.48. The lowest BCUT2D eigenvalue weighted by Gasteiger charge is -2.34. The average molecular weight is 282 g/mol. The lowest BCUT2D eigenvalue weighted by atomic mass is 10.1. The van der Waals surface area contributed by atoms with Gasteiger partial charge in [0, 0.05) is 45.6 Å². The van der Waals surface area contributed by atoms with Crippen molar-refractivity contribution in [1.82, 2.24) is 19.8 Å². The second kappa shape index (κ2) is 6.70. The van der Waals surface area contributed by atoms with Crippen molar-refractivity contribution in [2.45, 2.75) is 6.04 Å². The normalized spacial score (nSPS) is 20.1. The zero-order valence-electron chi connectivity index (χ0n) is 12.4. The van der Waals surface area contributed by atoms with Crippen molar-refractivity contribution in [2.24, 2.45) is 7.05 Å². The Morgan fingerprint density at radius 3 is 2.95 bits per heavy atom. The number of nitrogens with zero attached hydrogens (tertiary/aromatic N) is 3. The highest BCUT2D eigenvalue weighted by Crippen LogP contribution is 2.20. The van der Waals surface area contributed by atoms with Gasteiger partial charge in [0.2, 0.25) is 0 Å². The molecule has 1 aliphatic rings. The van der Waals surface area contributed by atoms with Crippen LogP contribution in [0.3, 0.4) is 0 Å². The van der Waals surface area contributed by atoms with E-state index in [2.05, 4.69) is 63.2 Å². The Hall–Kier alpha value is -1.91. The highest BCUT2D eigenvalue weighted by atomic mass is 15.3. The molecule has 4 heteroatoms. The maximum absolute atomic E-state index is 4.51. The first-order valence-corrected chi connectivity index (χ1v) is 7.48. The van der Waals surface area contributed by atoms with E-state index in [9.17, 15) is 0 Å². The number of hydrogen-bond donors (Lipinski definition) is 1. The van der Waals surface area contributed by atoms with Crippen LogP contribution < -0.4 is 5.32 Å². The van der Waals surface area contributed by atoms with E-state index in [1.807, 2.05) is 18.5 Å². The third kappa shape index (κ3) is 3.40. The molecule has 1 N–H and O–H groups in total. The van der Waals surface area contributed by atoms with Crippen molar-refractivity contribution in [3.63, 3.8) is 0 Å². The third-order valence-corrected chi connectivity index (χ3v) is 3.96. The van der Waals surface area contributed by atoms with Crippen molar-refractivity contribution >= 4 is 6.08 Å². The molecule has 3 rings (SSSR count). The molecular weight excluding hydrogens is 260 g/mol. The molecule has 1 aromatic heterocycles. The fraction of sp³-hybridized carbons (Fsp3) is 0.353. The molecule has 1 unspecified atom stereocenters. The molecule has 0 spiro atoms. The number of benzene rings is 1. The van der Waals surface area contributed by atoms with Gasteiger partial charge >= 0.3 is 0 Å². The summed E-state index contributed by atoms with van der Waals surface area (Å²) in [5, 5.41) is 3.47. The maximum atomic E-state index is 4.51. The molecule has 0 bridgehead atoms. The van der Waals surface area contributed by atoms with E-state index in [-0.39, 0.29) is 0 Å². The minimum atomic E-state index is 0.346. The van der Waals surface area contributed by atoms with Crippen LogP contribution in [0.25, 0.3) is 6.08 Å². The van der Waals surface area contributed by atoms with Crippen molar-refractivity contribution in [3.8, 4) is 0 Å². The minimum absolute atomic E-state index is 0.346. The molecule has 0 aliphatic carbocycles. The van der Waals surface area contributed by atoms with E-state index in [1.54, 1.807) is 0 Å². The number of imidazole rings is 1. The second-order valence-electron chi connectivity index (χ2n) is 5.42. The lowest BCUT2D eigenvalue weighted by Crippen LogP contribution is -2.46. The van der Waals surface area contributed by atoms with Crippen molar-refractivity contribution in [2.75, 3.05) is 26.2 Å². The summed E-state index contributed by atoms with van der Waals surface area (Å²) in [6.07, 6.45) is 8.33. The fourth-order valence-corrected chi connectivity index (χ4v) is 2.81. The molecule has 1 atom stereocenters. The summed E-state index contributed by atoms with van der Waals surface area (Å²) in [4.78, 5) is 7.00. The fourth-order valence-electron chi connectivity index (χ4n) is 2.81. The summed E-state index contributed by atoms with van der Waals surface area (Å²) in [6.45, 7) is 4.01. The van der Waals surface area contributed by atoms with Crippen LogP contribution >= 0.6 is 0 Å². The Kier molecular flexibility index (Phi) is 4.48. The van der Waals surface area contributed by atoms with Crippen LogP contribution in [0.2, 0.25) is 0 Å². The Morgan fingerprint density at radius 1 is 1.33 bits per heavy atom. The topological polar surface area (TPSA) is 33.1 Å². The number of nitrogens with one attached hydrogen (secondary N) is 1. The number of hydrogen-bond acceptors (Lipinski definition) is 3. The largest absolute Gasteiger partial charge is 0.337 e. The SMILES string of the molecule is Cn1ccnc1C1CNCCN1C/C=C/c1ccccc1. The molecule has 4 nitrogen and oxygen atoms in total. The van der Waals surface area contributed by atoms with E-state index in [0.29, 0.717) is 6.04 Å². The van der Waals surface area contributed by atoms with Crippen LogP contribution in [0.15, 0.2) is 48.8 Å². The van der Waals surface area contributed by atoms with Crippen LogP contribution in [-0.2, 0) is 7.05 Å². The van der Waals surface area contributed by atoms with Gasteiger partial charge in [0.1, 0.15) is 5.82 Å². The van der Waals surface area contributed by atoms with Gasteiger partial charge in [-0.1, -0.05) is 42.5 Å². The summed E-state index contributed by atoms with van der Waals surface area (Å²) >= 11 is 0. The van der Waals surface area contributed by atoms with Crippen LogP contribution in [0.5, 0.6) is 0 Å². The Morgan fingerprint density at radius 2 is 2.19 bits per heavy atom. The van der Waals surface area contributed by atoms with Gasteiger partial charge in [-0.2, -0.15) is 0 Å². The van der Waals surface area contributed by atoms with Gasteiger partial charge in [0.15, 0.2) is 0 Å². The molecule has 0 saturated carbocycles. The third-order valence-electron chi connectivity index (χ3n) is 3.96. The predicted octanol–water partition coefficient (Wildman–Crippen LogP) is 2.08. The molecule has 2 aromatic rings. The molecule has 1 saturated heterocycles. The molecule has 21 heavy (non-hydrogen) atoms. The Bertz CT molecular complexity index is 588. The standard InChI is InChI=1S/C17H22N4/c1-20-12-10-19-17(20)16-14-18-9-13-21(16)11-5-8-15-6-3-2-4-7-15/h2-8,10,12,16,18H,9,11,13-14H2,1H3/b8-5+. The van der Waals surface area contributed by atoms with Crippen LogP contribution in [-0.4, -0.2) is 40.6 Å². The van der Waals surface area contributed by atoms with Crippen molar-refractivity contribution in [3.05, 3.63) is 60.2 Å². The van der Waals surface area contributed by atoms with Crippen molar-refractivity contribution in [1.29, 1.82) is 0 Å². The van der Waals surface area contributed by atoms with E-state index in [1.165, 1.54) is 5.56 Å². The number of piperazine rings is 1. The summed E-state index contributed by atoms with van der Waals surface area (Å²) in [5.41, 5.74) is 1.25. The van der Waals surface area contributed by atoms with E-state index in [4.69, 9.17) is 0 Å². The zero-order chi connectivity index (χ0) is 14.5. The Balaban J connectivity index is 1.68. The predicted molar refractivity (Wildman–Crippen MR) is 85.9 cm³/mol. The van der Waals surface area contributed by atoms with Crippen LogP contribution in [0.4, 0.5) is 0 Å². The van der Waals surface area contributed by atoms with Gasteiger partial charge < -0.3 is 9.88 Å².